The van der Waals surface area contributed by atoms with E-state index >= 15 is 0 Å². The number of aliphatic hydroxyl groups excluding tert-OH is 1. The van der Waals surface area contributed by atoms with E-state index in [4.69, 9.17) is 5.11 Å². The Labute approximate surface area is 82.2 Å². The lowest BCUT2D eigenvalue weighted by Gasteiger charge is -1.90. The fourth-order valence-electron chi connectivity index (χ4n) is 1.07. The number of allylic oxidation sites excluding steroid dienone is 3. The van der Waals surface area contributed by atoms with Gasteiger partial charge in [-0.25, -0.2) is 0 Å². The van der Waals surface area contributed by atoms with Crippen LogP contribution in [0.1, 0.15) is 45.4 Å². The van der Waals surface area contributed by atoms with Crippen LogP contribution in [0.5, 0.6) is 0 Å². The third-order valence-electron chi connectivity index (χ3n) is 1.83. The van der Waals surface area contributed by atoms with E-state index in [1.165, 1.54) is 25.7 Å². The van der Waals surface area contributed by atoms with Crippen molar-refractivity contribution in [1.29, 1.82) is 0 Å². The van der Waals surface area contributed by atoms with Gasteiger partial charge in [0.2, 0.25) is 0 Å². The Hall–Kier alpha value is -0.560. The van der Waals surface area contributed by atoms with Gasteiger partial charge < -0.3 is 5.11 Å². The lowest BCUT2D eigenvalue weighted by Crippen LogP contribution is -1.75. The molecule has 1 nitrogen and oxygen atoms in total. The highest BCUT2D eigenvalue weighted by molar-refractivity contribution is 4.85. The van der Waals surface area contributed by atoms with Crippen molar-refractivity contribution in [1.82, 2.24) is 0 Å². The molecule has 0 saturated carbocycles. The molecule has 76 valence electrons. The summed E-state index contributed by atoms with van der Waals surface area (Å²) in [6.45, 7) is 2.47. The molecule has 0 rings (SSSR count). The Morgan fingerprint density at radius 2 is 1.38 bits per heavy atom. The van der Waals surface area contributed by atoms with Crippen LogP contribution >= 0.6 is 0 Å². The fraction of sp³-hybridized carbons (Fsp3) is 0.667. The van der Waals surface area contributed by atoms with Gasteiger partial charge in [0.1, 0.15) is 0 Å². The molecule has 0 unspecified atom stereocenters. The molecule has 0 aromatic heterocycles. The summed E-state index contributed by atoms with van der Waals surface area (Å²) in [6.07, 6.45) is 15.5. The van der Waals surface area contributed by atoms with Gasteiger partial charge in [0.15, 0.2) is 0 Å². The lowest BCUT2D eigenvalue weighted by molar-refractivity contribution is 0.302. The minimum Gasteiger partial charge on any atom is -0.396 e. The first-order valence-corrected chi connectivity index (χ1v) is 5.32. The number of rotatable bonds is 8. The third-order valence-corrected chi connectivity index (χ3v) is 1.83. The summed E-state index contributed by atoms with van der Waals surface area (Å²) in [7, 11) is 0. The molecule has 0 bridgehead atoms. The molecule has 0 amide bonds. The Morgan fingerprint density at radius 3 is 1.92 bits per heavy atom. The van der Waals surface area contributed by atoms with E-state index < -0.39 is 0 Å². The van der Waals surface area contributed by atoms with Gasteiger partial charge in [-0.1, -0.05) is 37.6 Å². The average molecular weight is 182 g/mol. The summed E-state index contributed by atoms with van der Waals surface area (Å²) in [5, 5.41) is 8.50. The van der Waals surface area contributed by atoms with Crippen LogP contribution in [0, 0.1) is 0 Å². The van der Waals surface area contributed by atoms with E-state index in [0.29, 0.717) is 0 Å². The van der Waals surface area contributed by atoms with E-state index in [9.17, 15) is 0 Å². The first-order valence-electron chi connectivity index (χ1n) is 5.32. The van der Waals surface area contributed by atoms with Crippen molar-refractivity contribution in [3.63, 3.8) is 0 Å². The fourth-order valence-corrected chi connectivity index (χ4v) is 1.07. The van der Waals surface area contributed by atoms with Crippen molar-refractivity contribution >= 4 is 0 Å². The molecule has 1 heteroatoms. The molecule has 0 aromatic rings. The highest BCUT2D eigenvalue weighted by Gasteiger charge is 1.80. The van der Waals surface area contributed by atoms with Gasteiger partial charge in [-0.3, -0.25) is 0 Å². The summed E-state index contributed by atoms with van der Waals surface area (Å²) in [6, 6.07) is 0. The maximum Gasteiger partial charge on any atom is 0.0465 e. The number of unbranched alkanes of at least 4 members (excludes halogenated alkanes) is 3. The van der Waals surface area contributed by atoms with Gasteiger partial charge in [0.25, 0.3) is 0 Å². The molecule has 0 heterocycles. The van der Waals surface area contributed by atoms with Gasteiger partial charge in [0, 0.05) is 6.61 Å². The van der Waals surface area contributed by atoms with Crippen LogP contribution in [0.2, 0.25) is 0 Å². The summed E-state index contributed by atoms with van der Waals surface area (Å²) < 4.78 is 0. The minimum absolute atomic E-state index is 0.271. The average Bonchev–Trinajstić information content (AvgIpc) is 2.16. The van der Waals surface area contributed by atoms with Gasteiger partial charge in [-0.15, -0.1) is 0 Å². The molecule has 0 spiro atoms. The number of aliphatic hydroxyl groups is 1. The molecule has 0 atom stereocenters. The van der Waals surface area contributed by atoms with Crippen molar-refractivity contribution in [2.45, 2.75) is 45.4 Å². The van der Waals surface area contributed by atoms with Crippen molar-refractivity contribution < 1.29 is 5.11 Å². The van der Waals surface area contributed by atoms with Crippen LogP contribution in [0.25, 0.3) is 0 Å². The molecule has 0 aliphatic carbocycles. The first kappa shape index (κ1) is 12.4. The maximum absolute atomic E-state index is 8.50. The van der Waals surface area contributed by atoms with Crippen molar-refractivity contribution in [2.75, 3.05) is 6.61 Å². The van der Waals surface area contributed by atoms with E-state index in [2.05, 4.69) is 31.2 Å². The quantitative estimate of drug-likeness (QED) is 0.450. The highest BCUT2D eigenvalue weighted by Crippen LogP contribution is 2.00. The summed E-state index contributed by atoms with van der Waals surface area (Å²) >= 11 is 0. The third kappa shape index (κ3) is 11.4. The number of hydrogen-bond acceptors (Lipinski definition) is 1. The zero-order valence-corrected chi connectivity index (χ0v) is 8.71. The Bertz CT molecular complexity index is 120. The molecule has 0 aliphatic rings. The van der Waals surface area contributed by atoms with Gasteiger partial charge >= 0.3 is 0 Å². The summed E-state index contributed by atoms with van der Waals surface area (Å²) in [5.41, 5.74) is 0. The molecular formula is C12H22O. The van der Waals surface area contributed by atoms with Gasteiger partial charge in [-0.05, 0) is 32.1 Å². The topological polar surface area (TPSA) is 20.2 Å². The van der Waals surface area contributed by atoms with Gasteiger partial charge in [0.05, 0.1) is 0 Å². The molecular weight excluding hydrogens is 160 g/mol. The standard InChI is InChI=1S/C12H22O/c1-2-3-4-5-6-7-8-9-10-11-12-13/h4-5,9-10,13H,2-3,6-8,11-12H2,1H3/b5-4+,10-9-. The van der Waals surface area contributed by atoms with Crippen molar-refractivity contribution in [3.05, 3.63) is 24.3 Å². The molecule has 0 saturated heterocycles. The zero-order chi connectivity index (χ0) is 9.78. The molecule has 13 heavy (non-hydrogen) atoms. The molecule has 0 radical (unpaired) electrons. The SMILES string of the molecule is CCC/C=C/CCC/C=C\CCO. The second-order valence-corrected chi connectivity index (χ2v) is 3.17. The summed E-state index contributed by atoms with van der Waals surface area (Å²) in [5.74, 6) is 0. The minimum atomic E-state index is 0.271. The molecule has 0 aromatic carbocycles. The molecule has 0 fully saturated rings. The lowest BCUT2D eigenvalue weighted by atomic mass is 10.2. The number of hydrogen-bond donors (Lipinski definition) is 1. The second-order valence-electron chi connectivity index (χ2n) is 3.17. The van der Waals surface area contributed by atoms with Crippen LogP contribution in [0.4, 0.5) is 0 Å². The Balaban J connectivity index is 3.07. The predicted octanol–water partition coefficient (Wildman–Crippen LogP) is 3.45. The Kier molecular flexibility index (Phi) is 10.9. The largest absolute Gasteiger partial charge is 0.396 e. The normalized spacial score (nSPS) is 11.8. The maximum atomic E-state index is 8.50. The molecule has 0 aliphatic heterocycles. The van der Waals surface area contributed by atoms with Gasteiger partial charge in [-0.2, -0.15) is 0 Å². The molecule has 1 N–H and O–H groups in total. The smallest absolute Gasteiger partial charge is 0.0465 e. The van der Waals surface area contributed by atoms with Crippen molar-refractivity contribution in [3.8, 4) is 0 Å². The van der Waals surface area contributed by atoms with Crippen LogP contribution in [0.15, 0.2) is 24.3 Å². The van der Waals surface area contributed by atoms with E-state index in [1.54, 1.807) is 0 Å². The van der Waals surface area contributed by atoms with Crippen molar-refractivity contribution in [2.24, 2.45) is 0 Å². The Morgan fingerprint density at radius 1 is 0.846 bits per heavy atom. The van der Waals surface area contributed by atoms with E-state index in [1.807, 2.05) is 0 Å². The zero-order valence-electron chi connectivity index (χ0n) is 8.71. The predicted molar refractivity (Wildman–Crippen MR) is 58.7 cm³/mol. The van der Waals surface area contributed by atoms with E-state index in [0.717, 1.165) is 12.8 Å². The first-order chi connectivity index (χ1) is 6.41. The van der Waals surface area contributed by atoms with E-state index in [-0.39, 0.29) is 6.61 Å². The van der Waals surface area contributed by atoms with Crippen LogP contribution < -0.4 is 0 Å². The second kappa shape index (κ2) is 11.4. The highest BCUT2D eigenvalue weighted by atomic mass is 16.2. The van der Waals surface area contributed by atoms with Crippen LogP contribution in [-0.2, 0) is 0 Å². The summed E-state index contributed by atoms with van der Waals surface area (Å²) in [4.78, 5) is 0. The van der Waals surface area contributed by atoms with Crippen LogP contribution in [-0.4, -0.2) is 11.7 Å². The monoisotopic (exact) mass is 182 g/mol. The van der Waals surface area contributed by atoms with Crippen LogP contribution in [0.3, 0.4) is 0 Å².